The van der Waals surface area contributed by atoms with E-state index < -0.39 is 0 Å². The molecule has 0 spiro atoms. The van der Waals surface area contributed by atoms with E-state index in [2.05, 4.69) is 10.2 Å². The minimum Gasteiger partial charge on any atom is -0.497 e. The third-order valence-electron chi connectivity index (χ3n) is 4.83. The first-order chi connectivity index (χ1) is 13.2. The van der Waals surface area contributed by atoms with Gasteiger partial charge in [-0.05, 0) is 42.0 Å². The number of anilines is 1. The number of ether oxygens (including phenoxy) is 1. The van der Waals surface area contributed by atoms with E-state index in [1.165, 1.54) is 12.1 Å². The van der Waals surface area contributed by atoms with Crippen LogP contribution in [0, 0.1) is 5.82 Å². The fraction of sp³-hybridized carbons (Fsp3) is 0.381. The van der Waals surface area contributed by atoms with Crippen LogP contribution in [0.2, 0.25) is 0 Å². The number of benzene rings is 2. The van der Waals surface area contributed by atoms with Crippen LogP contribution >= 0.6 is 0 Å². The SMILES string of the molecule is COc1ccc(CNCCC(=O)N2CCN(c3ccc(F)cc3)CC2)cc1. The van der Waals surface area contributed by atoms with Crippen molar-refractivity contribution in [3.8, 4) is 5.75 Å². The second-order valence-electron chi connectivity index (χ2n) is 6.62. The quantitative estimate of drug-likeness (QED) is 0.760. The topological polar surface area (TPSA) is 44.8 Å². The molecule has 1 N–H and O–H groups in total. The first-order valence-electron chi connectivity index (χ1n) is 9.27. The molecule has 0 aromatic heterocycles. The maximum absolute atomic E-state index is 13.0. The highest BCUT2D eigenvalue weighted by Gasteiger charge is 2.20. The maximum Gasteiger partial charge on any atom is 0.223 e. The standard InChI is InChI=1S/C21H26FN3O2/c1-27-20-8-2-17(3-9-20)16-23-11-10-21(26)25-14-12-24(13-15-25)19-6-4-18(22)5-7-19/h2-9,23H,10-16H2,1H3. The monoisotopic (exact) mass is 371 g/mol. The van der Waals surface area contributed by atoms with Crippen molar-refractivity contribution >= 4 is 11.6 Å². The van der Waals surface area contributed by atoms with Crippen molar-refractivity contribution in [2.45, 2.75) is 13.0 Å². The molecule has 0 atom stereocenters. The summed E-state index contributed by atoms with van der Waals surface area (Å²) in [6.07, 6.45) is 0.493. The molecular weight excluding hydrogens is 345 g/mol. The smallest absolute Gasteiger partial charge is 0.223 e. The third kappa shape index (κ3) is 5.44. The Kier molecular flexibility index (Phi) is 6.65. The van der Waals surface area contributed by atoms with Crippen molar-refractivity contribution in [3.63, 3.8) is 0 Å². The zero-order valence-corrected chi connectivity index (χ0v) is 15.7. The number of methoxy groups -OCH3 is 1. The summed E-state index contributed by atoms with van der Waals surface area (Å²) in [6, 6.07) is 14.4. The molecule has 1 amide bonds. The van der Waals surface area contributed by atoms with Crippen LogP contribution in [0.1, 0.15) is 12.0 Å². The van der Waals surface area contributed by atoms with E-state index in [9.17, 15) is 9.18 Å². The van der Waals surface area contributed by atoms with Crippen LogP contribution in [0.5, 0.6) is 5.75 Å². The van der Waals surface area contributed by atoms with Gasteiger partial charge in [0.2, 0.25) is 5.91 Å². The van der Waals surface area contributed by atoms with E-state index in [1.54, 1.807) is 19.2 Å². The highest BCUT2D eigenvalue weighted by atomic mass is 19.1. The van der Waals surface area contributed by atoms with Crippen LogP contribution in [-0.4, -0.2) is 50.6 Å². The maximum atomic E-state index is 13.0. The zero-order valence-electron chi connectivity index (χ0n) is 15.7. The van der Waals surface area contributed by atoms with Crippen molar-refractivity contribution in [3.05, 3.63) is 59.9 Å². The minimum absolute atomic E-state index is 0.177. The summed E-state index contributed by atoms with van der Waals surface area (Å²) in [5.41, 5.74) is 2.17. The molecule has 0 radical (unpaired) electrons. The fourth-order valence-electron chi connectivity index (χ4n) is 3.20. The van der Waals surface area contributed by atoms with Gasteiger partial charge in [0.15, 0.2) is 0 Å². The summed E-state index contributed by atoms with van der Waals surface area (Å²) in [4.78, 5) is 16.5. The summed E-state index contributed by atoms with van der Waals surface area (Å²) < 4.78 is 18.2. The van der Waals surface area contributed by atoms with Gasteiger partial charge in [-0.3, -0.25) is 4.79 Å². The number of carbonyl (C=O) groups excluding carboxylic acids is 1. The Morgan fingerprint density at radius 1 is 1.04 bits per heavy atom. The van der Waals surface area contributed by atoms with Gasteiger partial charge in [0.25, 0.3) is 0 Å². The fourth-order valence-corrected chi connectivity index (χ4v) is 3.20. The molecule has 27 heavy (non-hydrogen) atoms. The average molecular weight is 371 g/mol. The van der Waals surface area contributed by atoms with Crippen molar-refractivity contribution in [1.29, 1.82) is 0 Å². The third-order valence-corrected chi connectivity index (χ3v) is 4.83. The van der Waals surface area contributed by atoms with Crippen LogP contribution in [0.25, 0.3) is 0 Å². The van der Waals surface area contributed by atoms with E-state index in [1.807, 2.05) is 29.2 Å². The van der Waals surface area contributed by atoms with E-state index in [0.717, 1.165) is 36.6 Å². The lowest BCUT2D eigenvalue weighted by Gasteiger charge is -2.36. The molecule has 0 unspecified atom stereocenters. The number of rotatable bonds is 7. The Hall–Kier alpha value is -2.60. The van der Waals surface area contributed by atoms with Gasteiger partial charge in [-0.25, -0.2) is 4.39 Å². The molecular formula is C21H26FN3O2. The summed E-state index contributed by atoms with van der Waals surface area (Å²) in [7, 11) is 1.65. The Balaban J connectivity index is 1.36. The van der Waals surface area contributed by atoms with Gasteiger partial charge < -0.3 is 19.9 Å². The number of amides is 1. The van der Waals surface area contributed by atoms with E-state index in [4.69, 9.17) is 4.74 Å². The predicted molar refractivity (Wildman–Crippen MR) is 105 cm³/mol. The number of carbonyl (C=O) groups is 1. The van der Waals surface area contributed by atoms with Gasteiger partial charge in [0.05, 0.1) is 7.11 Å². The molecule has 1 heterocycles. The number of hydrogen-bond donors (Lipinski definition) is 1. The van der Waals surface area contributed by atoms with Gasteiger partial charge >= 0.3 is 0 Å². The molecule has 5 nitrogen and oxygen atoms in total. The Morgan fingerprint density at radius 2 is 1.70 bits per heavy atom. The molecule has 1 aliphatic rings. The number of nitrogens with zero attached hydrogens (tertiary/aromatic N) is 2. The summed E-state index contributed by atoms with van der Waals surface area (Å²) in [5, 5.41) is 3.31. The molecule has 0 saturated carbocycles. The Labute approximate surface area is 159 Å². The minimum atomic E-state index is -0.227. The highest BCUT2D eigenvalue weighted by Crippen LogP contribution is 2.17. The molecule has 6 heteroatoms. The lowest BCUT2D eigenvalue weighted by molar-refractivity contribution is -0.131. The summed E-state index contributed by atoms with van der Waals surface area (Å²) in [6.45, 7) is 4.34. The van der Waals surface area contributed by atoms with E-state index in [0.29, 0.717) is 26.1 Å². The van der Waals surface area contributed by atoms with E-state index >= 15 is 0 Å². The average Bonchev–Trinajstić information content (AvgIpc) is 2.72. The Bertz CT molecular complexity index is 726. The summed E-state index contributed by atoms with van der Waals surface area (Å²) >= 11 is 0. The predicted octanol–water partition coefficient (Wildman–Crippen LogP) is 2.66. The van der Waals surface area contributed by atoms with Crippen LogP contribution in [0.3, 0.4) is 0 Å². The van der Waals surface area contributed by atoms with Crippen LogP contribution in [-0.2, 0) is 11.3 Å². The van der Waals surface area contributed by atoms with Gasteiger partial charge in [-0.2, -0.15) is 0 Å². The lowest BCUT2D eigenvalue weighted by Crippen LogP contribution is -2.49. The zero-order chi connectivity index (χ0) is 19.1. The molecule has 1 fully saturated rings. The van der Waals surface area contributed by atoms with Crippen molar-refractivity contribution in [2.75, 3.05) is 44.7 Å². The van der Waals surface area contributed by atoms with Crippen molar-refractivity contribution < 1.29 is 13.9 Å². The Morgan fingerprint density at radius 3 is 2.33 bits per heavy atom. The largest absolute Gasteiger partial charge is 0.497 e. The molecule has 2 aromatic rings. The molecule has 0 bridgehead atoms. The normalized spacial score (nSPS) is 14.3. The van der Waals surface area contributed by atoms with Gasteiger partial charge in [0, 0.05) is 51.4 Å². The van der Waals surface area contributed by atoms with Gasteiger partial charge in [-0.1, -0.05) is 12.1 Å². The molecule has 1 aliphatic heterocycles. The lowest BCUT2D eigenvalue weighted by atomic mass is 10.2. The van der Waals surface area contributed by atoms with Crippen LogP contribution in [0.15, 0.2) is 48.5 Å². The van der Waals surface area contributed by atoms with Gasteiger partial charge in [-0.15, -0.1) is 0 Å². The molecule has 3 rings (SSSR count). The van der Waals surface area contributed by atoms with Crippen molar-refractivity contribution in [1.82, 2.24) is 10.2 Å². The number of nitrogens with one attached hydrogen (secondary N) is 1. The van der Waals surface area contributed by atoms with Crippen molar-refractivity contribution in [2.24, 2.45) is 0 Å². The molecule has 2 aromatic carbocycles. The molecule has 1 saturated heterocycles. The van der Waals surface area contributed by atoms with Crippen LogP contribution < -0.4 is 15.0 Å². The number of halogens is 1. The second-order valence-corrected chi connectivity index (χ2v) is 6.62. The van der Waals surface area contributed by atoms with E-state index in [-0.39, 0.29) is 11.7 Å². The van der Waals surface area contributed by atoms with Gasteiger partial charge in [0.1, 0.15) is 11.6 Å². The number of hydrogen-bond acceptors (Lipinski definition) is 4. The highest BCUT2D eigenvalue weighted by molar-refractivity contribution is 5.76. The second kappa shape index (κ2) is 9.37. The molecule has 144 valence electrons. The number of piperazine rings is 1. The first kappa shape index (κ1) is 19.2. The van der Waals surface area contributed by atoms with Crippen LogP contribution in [0.4, 0.5) is 10.1 Å². The first-order valence-corrected chi connectivity index (χ1v) is 9.27. The summed E-state index contributed by atoms with van der Waals surface area (Å²) in [5.74, 6) is 0.791. The molecule has 0 aliphatic carbocycles.